The SMILES string of the molecule is Cc1cc(Cc2ccc(-c3ccc(=O)n(C)c3)cc2)c(C)c(C)c1OCCNC=O. The maximum atomic E-state index is 11.6. The number of nitrogens with zero attached hydrogens (tertiary/aromatic N) is 1. The molecule has 5 heteroatoms. The monoisotopic (exact) mass is 404 g/mol. The fourth-order valence-electron chi connectivity index (χ4n) is 3.62. The molecule has 1 heterocycles. The van der Waals surface area contributed by atoms with Crippen LogP contribution in [0.1, 0.15) is 27.8 Å². The third kappa shape index (κ3) is 4.79. The molecule has 1 aromatic heterocycles. The highest BCUT2D eigenvalue weighted by Gasteiger charge is 2.12. The van der Waals surface area contributed by atoms with Crippen LogP contribution in [0.4, 0.5) is 0 Å². The van der Waals surface area contributed by atoms with Crippen LogP contribution >= 0.6 is 0 Å². The van der Waals surface area contributed by atoms with Gasteiger partial charge >= 0.3 is 0 Å². The summed E-state index contributed by atoms with van der Waals surface area (Å²) in [5.74, 6) is 0.897. The summed E-state index contributed by atoms with van der Waals surface area (Å²) in [7, 11) is 1.76. The average molecular weight is 405 g/mol. The lowest BCUT2D eigenvalue weighted by atomic mass is 9.93. The van der Waals surface area contributed by atoms with Gasteiger partial charge in [-0.3, -0.25) is 9.59 Å². The highest BCUT2D eigenvalue weighted by molar-refractivity contribution is 5.62. The predicted molar refractivity (Wildman–Crippen MR) is 120 cm³/mol. The first kappa shape index (κ1) is 21.4. The molecule has 0 radical (unpaired) electrons. The van der Waals surface area contributed by atoms with Gasteiger partial charge in [-0.05, 0) is 72.2 Å². The van der Waals surface area contributed by atoms with E-state index >= 15 is 0 Å². The molecule has 1 N–H and O–H groups in total. The molecule has 0 spiro atoms. The summed E-state index contributed by atoms with van der Waals surface area (Å²) >= 11 is 0. The van der Waals surface area contributed by atoms with E-state index in [-0.39, 0.29) is 5.56 Å². The number of pyridine rings is 1. The third-order valence-electron chi connectivity index (χ3n) is 5.48. The number of aryl methyl sites for hydroxylation is 2. The molecule has 0 aliphatic rings. The van der Waals surface area contributed by atoms with Gasteiger partial charge < -0.3 is 14.6 Å². The number of carbonyl (C=O) groups is 1. The number of ether oxygens (including phenoxy) is 1. The van der Waals surface area contributed by atoms with Crippen molar-refractivity contribution in [3.8, 4) is 16.9 Å². The number of hydrogen-bond donors (Lipinski definition) is 1. The van der Waals surface area contributed by atoms with Crippen LogP contribution in [0, 0.1) is 20.8 Å². The van der Waals surface area contributed by atoms with Crippen LogP contribution in [0.5, 0.6) is 5.75 Å². The highest BCUT2D eigenvalue weighted by Crippen LogP contribution is 2.30. The van der Waals surface area contributed by atoms with Crippen molar-refractivity contribution in [2.24, 2.45) is 7.05 Å². The van der Waals surface area contributed by atoms with Gasteiger partial charge in [-0.15, -0.1) is 0 Å². The molecule has 0 saturated heterocycles. The topological polar surface area (TPSA) is 60.3 Å². The maximum Gasteiger partial charge on any atom is 0.250 e. The van der Waals surface area contributed by atoms with E-state index in [9.17, 15) is 9.59 Å². The first-order valence-corrected chi connectivity index (χ1v) is 10.1. The zero-order chi connectivity index (χ0) is 21.7. The smallest absolute Gasteiger partial charge is 0.250 e. The number of aromatic nitrogens is 1. The second kappa shape index (κ2) is 9.44. The minimum Gasteiger partial charge on any atom is -0.491 e. The highest BCUT2D eigenvalue weighted by atomic mass is 16.5. The zero-order valence-corrected chi connectivity index (χ0v) is 18.0. The molecule has 30 heavy (non-hydrogen) atoms. The van der Waals surface area contributed by atoms with Gasteiger partial charge in [0.25, 0.3) is 0 Å². The summed E-state index contributed by atoms with van der Waals surface area (Å²) in [4.78, 5) is 22.0. The van der Waals surface area contributed by atoms with E-state index in [2.05, 4.69) is 56.4 Å². The second-order valence-corrected chi connectivity index (χ2v) is 7.59. The lowest BCUT2D eigenvalue weighted by Gasteiger charge is -2.18. The molecular formula is C25H28N2O3. The van der Waals surface area contributed by atoms with Gasteiger partial charge in [-0.25, -0.2) is 0 Å². The van der Waals surface area contributed by atoms with E-state index in [0.717, 1.165) is 34.4 Å². The van der Waals surface area contributed by atoms with E-state index in [0.29, 0.717) is 19.6 Å². The molecule has 0 unspecified atom stereocenters. The molecule has 0 bridgehead atoms. The summed E-state index contributed by atoms with van der Waals surface area (Å²) < 4.78 is 7.49. The normalized spacial score (nSPS) is 10.7. The van der Waals surface area contributed by atoms with Gasteiger partial charge in [-0.1, -0.05) is 30.3 Å². The molecule has 0 aliphatic heterocycles. The lowest BCUT2D eigenvalue weighted by molar-refractivity contribution is -0.109. The second-order valence-electron chi connectivity index (χ2n) is 7.59. The molecular weight excluding hydrogens is 376 g/mol. The summed E-state index contributed by atoms with van der Waals surface area (Å²) in [6.07, 6.45) is 3.38. The number of benzene rings is 2. The molecule has 0 saturated carbocycles. The van der Waals surface area contributed by atoms with Crippen molar-refractivity contribution in [2.45, 2.75) is 27.2 Å². The van der Waals surface area contributed by atoms with Crippen molar-refractivity contribution in [3.63, 3.8) is 0 Å². The predicted octanol–water partition coefficient (Wildman–Crippen LogP) is 3.69. The Morgan fingerprint density at radius 1 is 1.00 bits per heavy atom. The van der Waals surface area contributed by atoms with Crippen molar-refractivity contribution in [2.75, 3.05) is 13.2 Å². The number of amides is 1. The Balaban J connectivity index is 1.78. The van der Waals surface area contributed by atoms with Gasteiger partial charge in [0.1, 0.15) is 12.4 Å². The fraction of sp³-hybridized carbons (Fsp3) is 0.280. The van der Waals surface area contributed by atoms with Crippen LogP contribution in [-0.4, -0.2) is 24.1 Å². The molecule has 3 aromatic rings. The van der Waals surface area contributed by atoms with E-state index < -0.39 is 0 Å². The zero-order valence-electron chi connectivity index (χ0n) is 18.0. The van der Waals surface area contributed by atoms with Crippen molar-refractivity contribution < 1.29 is 9.53 Å². The summed E-state index contributed by atoms with van der Waals surface area (Å²) in [5.41, 5.74) is 8.07. The standard InChI is InChI=1S/C25H28N2O3/c1-17-13-23(18(2)19(3)25(17)30-12-11-26-16-28)14-20-5-7-21(8-6-20)22-9-10-24(29)27(4)15-22/h5-10,13,15-16H,11-12,14H2,1-4H3,(H,26,28). The van der Waals surface area contributed by atoms with Crippen molar-refractivity contribution in [3.05, 3.63) is 86.8 Å². The summed E-state index contributed by atoms with van der Waals surface area (Å²) in [6, 6.07) is 14.1. The van der Waals surface area contributed by atoms with Gasteiger partial charge in [0.15, 0.2) is 0 Å². The van der Waals surface area contributed by atoms with Gasteiger partial charge in [0.05, 0.1) is 6.54 Å². The van der Waals surface area contributed by atoms with E-state index in [1.165, 1.54) is 16.7 Å². The van der Waals surface area contributed by atoms with Crippen LogP contribution < -0.4 is 15.6 Å². The Hall–Kier alpha value is -3.34. The van der Waals surface area contributed by atoms with E-state index in [1.807, 2.05) is 12.3 Å². The van der Waals surface area contributed by atoms with Crippen LogP contribution in [0.2, 0.25) is 0 Å². The first-order valence-electron chi connectivity index (χ1n) is 10.1. The first-order chi connectivity index (χ1) is 14.4. The molecule has 0 aliphatic carbocycles. The van der Waals surface area contributed by atoms with Gasteiger partial charge in [0, 0.05) is 19.3 Å². The number of nitrogens with one attached hydrogen (secondary N) is 1. The van der Waals surface area contributed by atoms with Crippen LogP contribution in [-0.2, 0) is 18.3 Å². The Morgan fingerprint density at radius 2 is 1.70 bits per heavy atom. The number of hydrogen-bond acceptors (Lipinski definition) is 3. The van der Waals surface area contributed by atoms with Gasteiger partial charge in [-0.2, -0.15) is 0 Å². The summed E-state index contributed by atoms with van der Waals surface area (Å²) in [5, 5.41) is 2.62. The average Bonchev–Trinajstić information content (AvgIpc) is 2.74. The number of carbonyl (C=O) groups excluding carboxylic acids is 1. The molecule has 3 rings (SSSR count). The number of rotatable bonds is 8. The van der Waals surface area contributed by atoms with E-state index in [4.69, 9.17) is 4.74 Å². The molecule has 2 aromatic carbocycles. The van der Waals surface area contributed by atoms with Crippen molar-refractivity contribution in [1.29, 1.82) is 0 Å². The summed E-state index contributed by atoms with van der Waals surface area (Å²) in [6.45, 7) is 7.20. The van der Waals surface area contributed by atoms with Crippen LogP contribution in [0.25, 0.3) is 11.1 Å². The molecule has 1 amide bonds. The Kier molecular flexibility index (Phi) is 6.72. The largest absolute Gasteiger partial charge is 0.491 e. The van der Waals surface area contributed by atoms with Crippen LogP contribution in [0.15, 0.2) is 53.5 Å². The van der Waals surface area contributed by atoms with Crippen LogP contribution in [0.3, 0.4) is 0 Å². The Labute approximate surface area is 177 Å². The molecule has 0 atom stereocenters. The minimum absolute atomic E-state index is 0.0102. The fourth-order valence-corrected chi connectivity index (χ4v) is 3.62. The van der Waals surface area contributed by atoms with Crippen molar-refractivity contribution >= 4 is 6.41 Å². The molecule has 0 fully saturated rings. The maximum absolute atomic E-state index is 11.6. The lowest BCUT2D eigenvalue weighted by Crippen LogP contribution is -2.19. The van der Waals surface area contributed by atoms with Gasteiger partial charge in [0.2, 0.25) is 12.0 Å². The minimum atomic E-state index is -0.0102. The molecule has 156 valence electrons. The molecule has 5 nitrogen and oxygen atoms in total. The Morgan fingerprint density at radius 3 is 2.37 bits per heavy atom. The third-order valence-corrected chi connectivity index (χ3v) is 5.48. The van der Waals surface area contributed by atoms with Crippen molar-refractivity contribution in [1.82, 2.24) is 9.88 Å². The Bertz CT molecular complexity index is 1100. The quantitative estimate of drug-likeness (QED) is 0.460. The van der Waals surface area contributed by atoms with E-state index in [1.54, 1.807) is 17.7 Å².